The van der Waals surface area contributed by atoms with Crippen molar-refractivity contribution in [3.8, 4) is 0 Å². The van der Waals surface area contributed by atoms with E-state index in [-0.39, 0.29) is 23.5 Å². The molecule has 0 bridgehead atoms. The molecule has 1 N–H and O–H groups in total. The second kappa shape index (κ2) is 6.44. The summed E-state index contributed by atoms with van der Waals surface area (Å²) in [5.41, 5.74) is 2.79. The minimum atomic E-state index is -0.125. The Balaban J connectivity index is 1.56. The predicted molar refractivity (Wildman–Crippen MR) is 89.5 cm³/mol. The van der Waals surface area contributed by atoms with Crippen LogP contribution in [0.25, 0.3) is 0 Å². The molecule has 1 aromatic rings. The SMILES string of the molecule is Cc1cccc(NC(=O)CSC2=NC(=O)C3CCCC3=N2)c1. The van der Waals surface area contributed by atoms with E-state index in [4.69, 9.17) is 0 Å². The van der Waals surface area contributed by atoms with Crippen LogP contribution in [-0.4, -0.2) is 28.4 Å². The third kappa shape index (κ3) is 3.44. The molecule has 1 aliphatic carbocycles. The average molecular weight is 315 g/mol. The van der Waals surface area contributed by atoms with Crippen molar-refractivity contribution in [2.45, 2.75) is 26.2 Å². The number of nitrogens with zero attached hydrogens (tertiary/aromatic N) is 2. The molecule has 0 saturated heterocycles. The second-order valence-corrected chi connectivity index (χ2v) is 6.43. The van der Waals surface area contributed by atoms with Crippen molar-refractivity contribution in [3.05, 3.63) is 29.8 Å². The van der Waals surface area contributed by atoms with Gasteiger partial charge in [-0.05, 0) is 43.9 Å². The summed E-state index contributed by atoms with van der Waals surface area (Å²) in [6.45, 7) is 1.97. The maximum Gasteiger partial charge on any atom is 0.256 e. The van der Waals surface area contributed by atoms with E-state index in [0.717, 1.165) is 36.2 Å². The van der Waals surface area contributed by atoms with Gasteiger partial charge in [-0.3, -0.25) is 9.59 Å². The number of carbonyl (C=O) groups excluding carboxylic acids is 2. The Morgan fingerprint density at radius 1 is 1.41 bits per heavy atom. The van der Waals surface area contributed by atoms with Crippen molar-refractivity contribution in [1.29, 1.82) is 0 Å². The third-order valence-electron chi connectivity index (χ3n) is 3.71. The highest BCUT2D eigenvalue weighted by Crippen LogP contribution is 2.28. The van der Waals surface area contributed by atoms with Gasteiger partial charge < -0.3 is 5.32 Å². The van der Waals surface area contributed by atoms with Crippen LogP contribution >= 0.6 is 11.8 Å². The lowest BCUT2D eigenvalue weighted by atomic mass is 10.1. The smallest absolute Gasteiger partial charge is 0.256 e. The maximum absolute atomic E-state index is 12.0. The number of benzene rings is 1. The van der Waals surface area contributed by atoms with Gasteiger partial charge in [-0.2, -0.15) is 4.99 Å². The average Bonchev–Trinajstić information content (AvgIpc) is 2.94. The fourth-order valence-corrected chi connectivity index (χ4v) is 3.33. The van der Waals surface area contributed by atoms with E-state index in [1.807, 2.05) is 31.2 Å². The van der Waals surface area contributed by atoms with Gasteiger partial charge in [-0.1, -0.05) is 23.9 Å². The molecule has 0 spiro atoms. The van der Waals surface area contributed by atoms with Crippen LogP contribution in [0.5, 0.6) is 0 Å². The molecule has 22 heavy (non-hydrogen) atoms. The molecule has 6 heteroatoms. The quantitative estimate of drug-likeness (QED) is 0.932. The number of thioether (sulfide) groups is 1. The molecule has 1 fully saturated rings. The van der Waals surface area contributed by atoms with Crippen molar-refractivity contribution < 1.29 is 9.59 Å². The van der Waals surface area contributed by atoms with Crippen LogP contribution in [0.1, 0.15) is 24.8 Å². The highest BCUT2D eigenvalue weighted by Gasteiger charge is 2.32. The molecular weight excluding hydrogens is 298 g/mol. The van der Waals surface area contributed by atoms with Gasteiger partial charge in [0.1, 0.15) is 0 Å². The molecule has 0 radical (unpaired) electrons. The Kier molecular flexibility index (Phi) is 4.38. The molecular formula is C16H17N3O2S. The lowest BCUT2D eigenvalue weighted by Gasteiger charge is -2.13. The first-order valence-electron chi connectivity index (χ1n) is 7.31. The number of rotatable bonds is 3. The summed E-state index contributed by atoms with van der Waals surface area (Å²) >= 11 is 1.21. The van der Waals surface area contributed by atoms with Crippen molar-refractivity contribution in [3.63, 3.8) is 0 Å². The fourth-order valence-electron chi connectivity index (χ4n) is 2.66. The number of hydrogen-bond donors (Lipinski definition) is 1. The molecule has 2 amide bonds. The number of hydrogen-bond acceptors (Lipinski definition) is 4. The summed E-state index contributed by atoms with van der Waals surface area (Å²) in [6, 6.07) is 7.63. The number of anilines is 1. The molecule has 5 nitrogen and oxygen atoms in total. The summed E-state index contributed by atoms with van der Waals surface area (Å²) in [6.07, 6.45) is 2.72. The highest BCUT2D eigenvalue weighted by atomic mass is 32.2. The van der Waals surface area contributed by atoms with Gasteiger partial charge in [0.05, 0.1) is 11.7 Å². The maximum atomic E-state index is 12.0. The topological polar surface area (TPSA) is 70.9 Å². The van der Waals surface area contributed by atoms with Gasteiger partial charge in [0.15, 0.2) is 5.17 Å². The first kappa shape index (κ1) is 15.0. The van der Waals surface area contributed by atoms with Crippen molar-refractivity contribution >= 4 is 40.1 Å². The second-order valence-electron chi connectivity index (χ2n) is 5.49. The summed E-state index contributed by atoms with van der Waals surface area (Å²) in [7, 11) is 0. The Hall–Kier alpha value is -1.95. The zero-order valence-corrected chi connectivity index (χ0v) is 13.2. The molecule has 1 unspecified atom stereocenters. The number of amides is 2. The van der Waals surface area contributed by atoms with E-state index in [2.05, 4.69) is 15.3 Å². The Labute approximate surface area is 133 Å². The lowest BCUT2D eigenvalue weighted by Crippen LogP contribution is -2.24. The van der Waals surface area contributed by atoms with Crippen LogP contribution in [0, 0.1) is 12.8 Å². The van der Waals surface area contributed by atoms with E-state index in [0.29, 0.717) is 5.17 Å². The third-order valence-corrected chi connectivity index (χ3v) is 4.55. The van der Waals surface area contributed by atoms with E-state index in [1.165, 1.54) is 11.8 Å². The van der Waals surface area contributed by atoms with E-state index < -0.39 is 0 Å². The van der Waals surface area contributed by atoms with Gasteiger partial charge in [0, 0.05) is 11.4 Å². The minimum Gasteiger partial charge on any atom is -0.325 e. The molecule has 114 valence electrons. The summed E-state index contributed by atoms with van der Waals surface area (Å²) in [5.74, 6) is -0.143. The highest BCUT2D eigenvalue weighted by molar-refractivity contribution is 8.14. The summed E-state index contributed by atoms with van der Waals surface area (Å²) in [4.78, 5) is 32.2. The van der Waals surface area contributed by atoms with Crippen LogP contribution in [-0.2, 0) is 9.59 Å². The Bertz CT molecular complexity index is 682. The van der Waals surface area contributed by atoms with E-state index in [9.17, 15) is 9.59 Å². The number of carbonyl (C=O) groups is 2. The zero-order valence-electron chi connectivity index (χ0n) is 12.3. The molecule has 3 rings (SSSR count). The van der Waals surface area contributed by atoms with Gasteiger partial charge in [-0.15, -0.1) is 0 Å². The Morgan fingerprint density at radius 3 is 3.09 bits per heavy atom. The van der Waals surface area contributed by atoms with Gasteiger partial charge >= 0.3 is 0 Å². The first-order chi connectivity index (χ1) is 10.6. The monoisotopic (exact) mass is 315 g/mol. The molecule has 2 aliphatic rings. The van der Waals surface area contributed by atoms with E-state index >= 15 is 0 Å². The molecule has 1 atom stereocenters. The number of amidine groups is 1. The van der Waals surface area contributed by atoms with Gasteiger partial charge in [-0.25, -0.2) is 4.99 Å². The van der Waals surface area contributed by atoms with Gasteiger partial charge in [0.2, 0.25) is 5.91 Å². The van der Waals surface area contributed by atoms with Crippen LogP contribution in [0.3, 0.4) is 0 Å². The van der Waals surface area contributed by atoms with Crippen LogP contribution in [0.4, 0.5) is 5.69 Å². The normalized spacial score (nSPS) is 20.2. The van der Waals surface area contributed by atoms with E-state index in [1.54, 1.807) is 0 Å². The largest absolute Gasteiger partial charge is 0.325 e. The lowest BCUT2D eigenvalue weighted by molar-refractivity contribution is -0.119. The number of fused-ring (bicyclic) bond motifs is 1. The number of aliphatic imine (C=N–C) groups is 2. The van der Waals surface area contributed by atoms with Gasteiger partial charge in [0.25, 0.3) is 5.91 Å². The summed E-state index contributed by atoms with van der Waals surface area (Å²) in [5, 5.41) is 3.25. The molecule has 1 heterocycles. The van der Waals surface area contributed by atoms with Crippen LogP contribution < -0.4 is 5.32 Å². The first-order valence-corrected chi connectivity index (χ1v) is 8.30. The molecule has 1 aliphatic heterocycles. The molecule has 1 aromatic carbocycles. The van der Waals surface area contributed by atoms with Crippen molar-refractivity contribution in [1.82, 2.24) is 0 Å². The summed E-state index contributed by atoms with van der Waals surface area (Å²) < 4.78 is 0. The number of nitrogens with one attached hydrogen (secondary N) is 1. The molecule has 1 saturated carbocycles. The van der Waals surface area contributed by atoms with Crippen LogP contribution in [0.2, 0.25) is 0 Å². The van der Waals surface area contributed by atoms with Crippen LogP contribution in [0.15, 0.2) is 34.3 Å². The van der Waals surface area contributed by atoms with Crippen molar-refractivity contribution in [2.24, 2.45) is 15.9 Å². The molecule has 0 aromatic heterocycles. The number of aryl methyl sites for hydroxylation is 1. The van der Waals surface area contributed by atoms with Crippen molar-refractivity contribution in [2.75, 3.05) is 11.1 Å². The zero-order chi connectivity index (χ0) is 15.5. The Morgan fingerprint density at radius 2 is 2.27 bits per heavy atom. The standard InChI is InChI=1S/C16H17N3O2S/c1-10-4-2-5-11(8-10)17-14(20)9-22-16-18-13-7-3-6-12(13)15(21)19-16/h2,4-5,8,12H,3,6-7,9H2,1H3,(H,17,20). The fraction of sp³-hybridized carbons (Fsp3) is 0.375. The predicted octanol–water partition coefficient (Wildman–Crippen LogP) is 2.80. The minimum absolute atomic E-state index is 0.106.